The van der Waals surface area contributed by atoms with Crippen molar-refractivity contribution in [3.8, 4) is 0 Å². The first kappa shape index (κ1) is 14.1. The molecule has 104 valence electrons. The molecule has 5 heteroatoms. The molecule has 1 fully saturated rings. The Labute approximate surface area is 110 Å². The van der Waals surface area contributed by atoms with Gasteiger partial charge in [0, 0.05) is 18.7 Å². The number of halogens is 2. The zero-order valence-electron chi connectivity index (χ0n) is 10.6. The molecule has 2 rings (SSSR count). The van der Waals surface area contributed by atoms with Crippen LogP contribution >= 0.6 is 0 Å². The highest BCUT2D eigenvalue weighted by Crippen LogP contribution is 2.24. The van der Waals surface area contributed by atoms with E-state index in [-0.39, 0.29) is 24.5 Å². The van der Waals surface area contributed by atoms with Gasteiger partial charge in [0.2, 0.25) is 0 Å². The molecule has 1 aliphatic rings. The van der Waals surface area contributed by atoms with Crippen LogP contribution in [0.15, 0.2) is 18.2 Å². The predicted molar refractivity (Wildman–Crippen MR) is 67.0 cm³/mol. The van der Waals surface area contributed by atoms with Gasteiger partial charge < -0.3 is 5.11 Å². The van der Waals surface area contributed by atoms with Crippen LogP contribution < -0.4 is 0 Å². The van der Waals surface area contributed by atoms with E-state index in [0.717, 1.165) is 25.3 Å². The van der Waals surface area contributed by atoms with Crippen molar-refractivity contribution in [2.75, 3.05) is 19.7 Å². The Bertz CT molecular complexity index is 461. The maximum atomic E-state index is 13.5. The largest absolute Gasteiger partial charge is 0.395 e. The van der Waals surface area contributed by atoms with Crippen molar-refractivity contribution in [1.29, 1.82) is 0 Å². The molecule has 0 saturated heterocycles. The second kappa shape index (κ2) is 6.21. The van der Waals surface area contributed by atoms with E-state index in [4.69, 9.17) is 5.11 Å². The molecule has 0 radical (unpaired) electrons. The SMILES string of the molecule is O=C(CN(CCO)C1CCC1)c1ccc(F)cc1F. The minimum atomic E-state index is -0.831. The molecule has 1 aromatic carbocycles. The summed E-state index contributed by atoms with van der Waals surface area (Å²) in [6.45, 7) is 0.433. The first-order chi connectivity index (χ1) is 9.11. The number of hydrogen-bond acceptors (Lipinski definition) is 3. The van der Waals surface area contributed by atoms with Crippen LogP contribution in [0, 0.1) is 11.6 Å². The molecule has 0 amide bonds. The second-order valence-electron chi connectivity index (χ2n) is 4.83. The van der Waals surface area contributed by atoms with E-state index in [1.165, 1.54) is 6.07 Å². The molecule has 0 atom stereocenters. The molecular formula is C14H17F2NO2. The molecular weight excluding hydrogens is 252 g/mol. The monoisotopic (exact) mass is 269 g/mol. The van der Waals surface area contributed by atoms with Crippen molar-refractivity contribution in [2.24, 2.45) is 0 Å². The number of nitrogens with zero attached hydrogens (tertiary/aromatic N) is 1. The normalized spacial score (nSPS) is 15.6. The molecule has 1 saturated carbocycles. The predicted octanol–water partition coefficient (Wildman–Crippen LogP) is 1.99. The summed E-state index contributed by atoms with van der Waals surface area (Å²) < 4.78 is 26.3. The first-order valence-corrected chi connectivity index (χ1v) is 6.45. The van der Waals surface area contributed by atoms with Gasteiger partial charge in [0.15, 0.2) is 5.78 Å². The smallest absolute Gasteiger partial charge is 0.179 e. The van der Waals surface area contributed by atoms with Crippen molar-refractivity contribution >= 4 is 5.78 Å². The number of aliphatic hydroxyl groups is 1. The summed E-state index contributed by atoms with van der Waals surface area (Å²) in [5.74, 6) is -1.90. The van der Waals surface area contributed by atoms with Crippen LogP contribution in [0.5, 0.6) is 0 Å². The lowest BCUT2D eigenvalue weighted by molar-refractivity contribution is 0.0744. The van der Waals surface area contributed by atoms with E-state index in [0.29, 0.717) is 18.7 Å². The second-order valence-corrected chi connectivity index (χ2v) is 4.83. The third-order valence-corrected chi connectivity index (χ3v) is 3.56. The fourth-order valence-corrected chi connectivity index (χ4v) is 2.26. The highest BCUT2D eigenvalue weighted by atomic mass is 19.1. The van der Waals surface area contributed by atoms with E-state index in [2.05, 4.69) is 0 Å². The average molecular weight is 269 g/mol. The van der Waals surface area contributed by atoms with Gasteiger partial charge in [-0.1, -0.05) is 6.42 Å². The van der Waals surface area contributed by atoms with Gasteiger partial charge in [-0.05, 0) is 25.0 Å². The third kappa shape index (κ3) is 3.36. The fraction of sp³-hybridized carbons (Fsp3) is 0.500. The van der Waals surface area contributed by atoms with Gasteiger partial charge in [-0.3, -0.25) is 9.69 Å². The van der Waals surface area contributed by atoms with E-state index in [1.54, 1.807) is 0 Å². The van der Waals surface area contributed by atoms with Gasteiger partial charge in [-0.25, -0.2) is 8.78 Å². The molecule has 0 aromatic heterocycles. The average Bonchev–Trinajstić information content (AvgIpc) is 2.26. The van der Waals surface area contributed by atoms with E-state index >= 15 is 0 Å². The van der Waals surface area contributed by atoms with Crippen molar-refractivity contribution in [3.05, 3.63) is 35.4 Å². The molecule has 3 nitrogen and oxygen atoms in total. The number of carbonyl (C=O) groups excluding carboxylic acids is 1. The van der Waals surface area contributed by atoms with Crippen LogP contribution in [0.2, 0.25) is 0 Å². The maximum Gasteiger partial charge on any atom is 0.179 e. The molecule has 1 N–H and O–H groups in total. The Morgan fingerprint density at radius 3 is 2.63 bits per heavy atom. The minimum absolute atomic E-state index is 0.0321. The standard InChI is InChI=1S/C14H17F2NO2/c15-10-4-5-12(13(16)8-10)14(19)9-17(6-7-18)11-2-1-3-11/h4-5,8,11,18H,1-3,6-7,9H2. The van der Waals surface area contributed by atoms with Gasteiger partial charge in [-0.15, -0.1) is 0 Å². The summed E-state index contributed by atoms with van der Waals surface area (Å²) in [7, 11) is 0. The molecule has 19 heavy (non-hydrogen) atoms. The van der Waals surface area contributed by atoms with Crippen LogP contribution in [0.25, 0.3) is 0 Å². The number of Topliss-reactive ketones (excluding diaryl/α,β-unsaturated/α-hetero) is 1. The lowest BCUT2D eigenvalue weighted by Gasteiger charge is -2.36. The van der Waals surface area contributed by atoms with E-state index < -0.39 is 11.6 Å². The number of hydrogen-bond donors (Lipinski definition) is 1. The van der Waals surface area contributed by atoms with Gasteiger partial charge in [-0.2, -0.15) is 0 Å². The highest BCUT2D eigenvalue weighted by molar-refractivity contribution is 5.97. The fourth-order valence-electron chi connectivity index (χ4n) is 2.26. The van der Waals surface area contributed by atoms with Crippen molar-refractivity contribution in [1.82, 2.24) is 4.90 Å². The van der Waals surface area contributed by atoms with E-state index in [1.807, 2.05) is 4.90 Å². The molecule has 1 aromatic rings. The summed E-state index contributed by atoms with van der Waals surface area (Å²) in [5.41, 5.74) is -0.0938. The minimum Gasteiger partial charge on any atom is -0.395 e. The number of benzene rings is 1. The van der Waals surface area contributed by atoms with Gasteiger partial charge in [0.1, 0.15) is 11.6 Å². The summed E-state index contributed by atoms with van der Waals surface area (Å²) in [6, 6.07) is 3.26. The number of ketones is 1. The van der Waals surface area contributed by atoms with Crippen LogP contribution in [0.3, 0.4) is 0 Å². The zero-order valence-corrected chi connectivity index (χ0v) is 10.6. The molecule has 0 heterocycles. The first-order valence-electron chi connectivity index (χ1n) is 6.45. The molecule has 0 unspecified atom stereocenters. The van der Waals surface area contributed by atoms with Gasteiger partial charge in [0.25, 0.3) is 0 Å². The third-order valence-electron chi connectivity index (χ3n) is 3.56. The molecule has 0 aliphatic heterocycles. The number of carbonyl (C=O) groups is 1. The van der Waals surface area contributed by atoms with Crippen LogP contribution in [-0.4, -0.2) is 41.5 Å². The van der Waals surface area contributed by atoms with Crippen LogP contribution in [-0.2, 0) is 0 Å². The Balaban J connectivity index is 2.05. The Morgan fingerprint density at radius 1 is 1.37 bits per heavy atom. The zero-order chi connectivity index (χ0) is 13.8. The number of aliphatic hydroxyl groups excluding tert-OH is 1. The van der Waals surface area contributed by atoms with Crippen molar-refractivity contribution in [3.63, 3.8) is 0 Å². The van der Waals surface area contributed by atoms with E-state index in [9.17, 15) is 13.6 Å². The Morgan fingerprint density at radius 2 is 2.11 bits per heavy atom. The molecule has 0 bridgehead atoms. The van der Waals surface area contributed by atoms with Crippen molar-refractivity contribution < 1.29 is 18.7 Å². The van der Waals surface area contributed by atoms with Crippen LogP contribution in [0.4, 0.5) is 8.78 Å². The summed E-state index contributed by atoms with van der Waals surface area (Å²) >= 11 is 0. The maximum absolute atomic E-state index is 13.5. The summed E-state index contributed by atoms with van der Waals surface area (Å²) in [6.07, 6.45) is 3.12. The van der Waals surface area contributed by atoms with Crippen LogP contribution in [0.1, 0.15) is 29.6 Å². The van der Waals surface area contributed by atoms with Gasteiger partial charge in [0.05, 0.1) is 18.7 Å². The Kier molecular flexibility index (Phi) is 4.61. The summed E-state index contributed by atoms with van der Waals surface area (Å²) in [5, 5.41) is 9.00. The van der Waals surface area contributed by atoms with Gasteiger partial charge >= 0.3 is 0 Å². The summed E-state index contributed by atoms with van der Waals surface area (Å²) in [4.78, 5) is 13.9. The lowest BCUT2D eigenvalue weighted by atomic mass is 9.91. The molecule has 0 spiro atoms. The molecule has 1 aliphatic carbocycles. The lowest BCUT2D eigenvalue weighted by Crippen LogP contribution is -2.44. The topological polar surface area (TPSA) is 40.5 Å². The quantitative estimate of drug-likeness (QED) is 0.803. The number of rotatable bonds is 6. The Hall–Kier alpha value is -1.33. The highest BCUT2D eigenvalue weighted by Gasteiger charge is 2.27. The van der Waals surface area contributed by atoms with Crippen molar-refractivity contribution in [2.45, 2.75) is 25.3 Å².